The fourth-order valence-corrected chi connectivity index (χ4v) is 4.28. The molecule has 0 aromatic heterocycles. The number of hydrogen-bond donors (Lipinski definition) is 0. The fraction of sp³-hybridized carbons (Fsp3) is 0.577. The van der Waals surface area contributed by atoms with Crippen molar-refractivity contribution in [3.05, 3.63) is 52.7 Å². The minimum absolute atomic E-state index is 0.137. The van der Waals surface area contributed by atoms with Gasteiger partial charge in [-0.1, -0.05) is 31.6 Å². The van der Waals surface area contributed by atoms with Gasteiger partial charge in [-0.15, -0.1) is 0 Å². The molecular formula is C26H41N3O. The monoisotopic (exact) mass is 411 g/mol. The molecule has 0 aliphatic carbocycles. The molecule has 0 radical (unpaired) electrons. The van der Waals surface area contributed by atoms with Gasteiger partial charge in [0, 0.05) is 52.1 Å². The van der Waals surface area contributed by atoms with Crippen molar-refractivity contribution in [3.8, 4) is 0 Å². The van der Waals surface area contributed by atoms with E-state index in [0.29, 0.717) is 6.04 Å². The molecule has 2 unspecified atom stereocenters. The van der Waals surface area contributed by atoms with Gasteiger partial charge in [0.25, 0.3) is 0 Å². The van der Waals surface area contributed by atoms with Gasteiger partial charge in [-0.2, -0.15) is 0 Å². The fourth-order valence-electron chi connectivity index (χ4n) is 4.28. The van der Waals surface area contributed by atoms with E-state index in [2.05, 4.69) is 87.0 Å². The minimum Gasteiger partial charge on any atom is -0.374 e. The van der Waals surface area contributed by atoms with Gasteiger partial charge < -0.3 is 14.5 Å². The van der Waals surface area contributed by atoms with Crippen LogP contribution in [0.5, 0.6) is 0 Å². The molecule has 0 saturated carbocycles. The molecule has 1 aromatic carbocycles. The Morgan fingerprint density at radius 3 is 2.47 bits per heavy atom. The first-order chi connectivity index (χ1) is 14.4. The molecule has 2 rings (SSSR count). The van der Waals surface area contributed by atoms with Crippen molar-refractivity contribution in [2.75, 3.05) is 32.6 Å². The van der Waals surface area contributed by atoms with E-state index in [1.54, 1.807) is 5.57 Å². The van der Waals surface area contributed by atoms with Crippen LogP contribution in [-0.2, 0) is 11.2 Å². The van der Waals surface area contributed by atoms with Crippen molar-refractivity contribution in [3.63, 3.8) is 0 Å². The number of likely N-dealkylation sites (N-methyl/N-ethyl adjacent to an activating group) is 1. The molecule has 4 heteroatoms. The Hall–Kier alpha value is -2.07. The van der Waals surface area contributed by atoms with Crippen LogP contribution in [0.2, 0.25) is 0 Å². The summed E-state index contributed by atoms with van der Waals surface area (Å²) in [5.41, 5.74) is 6.71. The van der Waals surface area contributed by atoms with Crippen molar-refractivity contribution in [1.82, 2.24) is 4.90 Å². The van der Waals surface area contributed by atoms with Crippen LogP contribution >= 0.6 is 0 Å². The van der Waals surface area contributed by atoms with Crippen LogP contribution in [0.1, 0.15) is 59.4 Å². The number of ether oxygens (including phenoxy) is 1. The predicted octanol–water partition coefficient (Wildman–Crippen LogP) is 5.84. The van der Waals surface area contributed by atoms with Crippen LogP contribution < -0.4 is 4.90 Å². The number of amidine groups is 1. The van der Waals surface area contributed by atoms with Gasteiger partial charge in [0.2, 0.25) is 0 Å². The summed E-state index contributed by atoms with van der Waals surface area (Å²) in [7, 11) is 6.21. The van der Waals surface area contributed by atoms with Crippen LogP contribution in [0.4, 0.5) is 5.69 Å². The van der Waals surface area contributed by atoms with E-state index in [1.807, 2.05) is 14.0 Å². The lowest BCUT2D eigenvalue weighted by Crippen LogP contribution is -2.42. The van der Waals surface area contributed by atoms with Crippen LogP contribution in [0, 0.1) is 0 Å². The average molecular weight is 412 g/mol. The third-order valence-corrected chi connectivity index (χ3v) is 6.35. The Kier molecular flexibility index (Phi) is 9.16. The molecule has 0 spiro atoms. The first-order valence-corrected chi connectivity index (χ1v) is 11.4. The predicted molar refractivity (Wildman–Crippen MR) is 131 cm³/mol. The summed E-state index contributed by atoms with van der Waals surface area (Å²) in [4.78, 5) is 9.22. The summed E-state index contributed by atoms with van der Waals surface area (Å²) in [5, 5.41) is 0. The molecule has 0 N–H and O–H groups in total. The number of rotatable bonds is 9. The molecule has 4 nitrogen and oxygen atoms in total. The molecule has 0 saturated heterocycles. The third-order valence-electron chi connectivity index (χ3n) is 6.35. The molecule has 1 aliphatic rings. The summed E-state index contributed by atoms with van der Waals surface area (Å²) in [6.45, 7) is 11.5. The zero-order chi connectivity index (χ0) is 22.3. The number of benzene rings is 1. The SMILES string of the molecule is CCOC(C)C(C)=CN(C)c1ccc(CC2=C(CC)CC(CC)N(C)C2=NC)cc1. The number of anilines is 1. The average Bonchev–Trinajstić information content (AvgIpc) is 2.74. The summed E-state index contributed by atoms with van der Waals surface area (Å²) in [6, 6.07) is 9.48. The van der Waals surface area contributed by atoms with Crippen LogP contribution in [0.3, 0.4) is 0 Å². The van der Waals surface area contributed by atoms with E-state index >= 15 is 0 Å². The minimum atomic E-state index is 0.137. The summed E-state index contributed by atoms with van der Waals surface area (Å²) < 4.78 is 5.69. The highest BCUT2D eigenvalue weighted by atomic mass is 16.5. The molecule has 2 atom stereocenters. The normalized spacial score (nSPS) is 20.1. The van der Waals surface area contributed by atoms with E-state index in [1.165, 1.54) is 22.4 Å². The molecule has 0 fully saturated rings. The molecular weight excluding hydrogens is 370 g/mol. The second-order valence-electron chi connectivity index (χ2n) is 8.28. The van der Waals surface area contributed by atoms with Gasteiger partial charge in [0.1, 0.15) is 5.84 Å². The zero-order valence-corrected chi connectivity index (χ0v) is 20.3. The van der Waals surface area contributed by atoms with Gasteiger partial charge in [-0.25, -0.2) is 0 Å². The Bertz CT molecular complexity index is 776. The van der Waals surface area contributed by atoms with E-state index < -0.39 is 0 Å². The summed E-state index contributed by atoms with van der Waals surface area (Å²) >= 11 is 0. The van der Waals surface area contributed by atoms with Gasteiger partial charge >= 0.3 is 0 Å². The smallest absolute Gasteiger partial charge is 0.126 e. The van der Waals surface area contributed by atoms with Crippen molar-refractivity contribution in [2.24, 2.45) is 4.99 Å². The van der Waals surface area contributed by atoms with Gasteiger partial charge in [-0.3, -0.25) is 4.99 Å². The number of nitrogens with zero attached hydrogens (tertiary/aromatic N) is 3. The number of aliphatic imine (C=N–C) groups is 1. The second-order valence-corrected chi connectivity index (χ2v) is 8.28. The molecule has 30 heavy (non-hydrogen) atoms. The van der Waals surface area contributed by atoms with Crippen LogP contribution in [0.25, 0.3) is 0 Å². The molecule has 1 aromatic rings. The Morgan fingerprint density at radius 2 is 1.93 bits per heavy atom. The highest BCUT2D eigenvalue weighted by molar-refractivity contribution is 6.00. The van der Waals surface area contributed by atoms with E-state index in [9.17, 15) is 0 Å². The molecule has 0 bridgehead atoms. The molecule has 1 aliphatic heterocycles. The second kappa shape index (κ2) is 11.4. The summed E-state index contributed by atoms with van der Waals surface area (Å²) in [6.07, 6.45) is 6.65. The van der Waals surface area contributed by atoms with E-state index in [4.69, 9.17) is 4.74 Å². The highest BCUT2D eigenvalue weighted by Gasteiger charge is 2.28. The van der Waals surface area contributed by atoms with Crippen LogP contribution in [-0.4, -0.2) is 50.6 Å². The maximum Gasteiger partial charge on any atom is 0.126 e. The van der Waals surface area contributed by atoms with Crippen LogP contribution in [0.15, 0.2) is 52.2 Å². The molecule has 0 amide bonds. The van der Waals surface area contributed by atoms with Gasteiger partial charge in [0.15, 0.2) is 0 Å². The van der Waals surface area contributed by atoms with Crippen molar-refractivity contribution in [1.29, 1.82) is 0 Å². The third kappa shape index (κ3) is 5.75. The van der Waals surface area contributed by atoms with Crippen molar-refractivity contribution in [2.45, 2.75) is 72.4 Å². The summed E-state index contributed by atoms with van der Waals surface area (Å²) in [5.74, 6) is 1.16. The molecule has 166 valence electrons. The van der Waals surface area contributed by atoms with Crippen molar-refractivity contribution >= 4 is 11.5 Å². The zero-order valence-electron chi connectivity index (χ0n) is 20.3. The standard InChI is InChI=1S/C26H41N3O/c1-9-22-17-23(10-2)29(8)26(27-6)25(22)16-21-12-14-24(15-13-21)28(7)18-19(4)20(5)30-11-3/h12-15,18,20,23H,9-11,16-17H2,1-8H3. The van der Waals surface area contributed by atoms with E-state index in [-0.39, 0.29) is 6.10 Å². The van der Waals surface area contributed by atoms with E-state index in [0.717, 1.165) is 38.1 Å². The lowest BCUT2D eigenvalue weighted by atomic mass is 9.87. The maximum absolute atomic E-state index is 5.69. The Morgan fingerprint density at radius 1 is 1.27 bits per heavy atom. The first kappa shape index (κ1) is 24.2. The Labute approximate surface area is 184 Å². The maximum atomic E-state index is 5.69. The molecule has 1 heterocycles. The lowest BCUT2D eigenvalue weighted by molar-refractivity contribution is 0.101. The first-order valence-electron chi connectivity index (χ1n) is 11.4. The number of hydrogen-bond acceptors (Lipinski definition) is 3. The van der Waals surface area contributed by atoms with Gasteiger partial charge in [0.05, 0.1) is 6.10 Å². The highest BCUT2D eigenvalue weighted by Crippen LogP contribution is 2.30. The topological polar surface area (TPSA) is 28.1 Å². The van der Waals surface area contributed by atoms with Crippen molar-refractivity contribution < 1.29 is 4.74 Å². The lowest BCUT2D eigenvalue weighted by Gasteiger charge is -2.38. The Balaban J connectivity index is 2.20. The largest absolute Gasteiger partial charge is 0.374 e. The quantitative estimate of drug-likeness (QED) is 0.511. The van der Waals surface area contributed by atoms with Gasteiger partial charge in [-0.05, 0) is 68.9 Å².